The molecule has 0 unspecified atom stereocenters. The highest BCUT2D eigenvalue weighted by molar-refractivity contribution is 5.35. The normalized spacial score (nSPS) is 9.94. The SMILES string of the molecule is CCNOc1ccc(Oc2ccccc2)cc1. The molecule has 2 rings (SSSR count). The van der Waals surface area contributed by atoms with Gasteiger partial charge >= 0.3 is 0 Å². The van der Waals surface area contributed by atoms with Gasteiger partial charge in [-0.05, 0) is 43.3 Å². The third-order valence-corrected chi connectivity index (χ3v) is 2.14. The highest BCUT2D eigenvalue weighted by Crippen LogP contribution is 2.23. The number of para-hydroxylation sites is 1. The summed E-state index contributed by atoms with van der Waals surface area (Å²) in [5.74, 6) is 2.39. The second-order valence-electron chi connectivity index (χ2n) is 3.49. The minimum atomic E-state index is 0.766. The fourth-order valence-corrected chi connectivity index (χ4v) is 1.36. The fraction of sp³-hybridized carbons (Fsp3) is 0.143. The van der Waals surface area contributed by atoms with Crippen LogP contribution in [0, 0.1) is 0 Å². The zero-order valence-electron chi connectivity index (χ0n) is 9.72. The van der Waals surface area contributed by atoms with E-state index in [-0.39, 0.29) is 0 Å². The Balaban J connectivity index is 1.98. The first-order valence-corrected chi connectivity index (χ1v) is 5.61. The molecule has 0 aromatic heterocycles. The van der Waals surface area contributed by atoms with E-state index in [1.807, 2.05) is 61.5 Å². The van der Waals surface area contributed by atoms with Gasteiger partial charge in [-0.25, -0.2) is 0 Å². The zero-order chi connectivity index (χ0) is 11.9. The molecular formula is C14H15NO2. The highest BCUT2D eigenvalue weighted by atomic mass is 16.6. The summed E-state index contributed by atoms with van der Waals surface area (Å²) in [5.41, 5.74) is 2.79. The number of hydrogen-bond donors (Lipinski definition) is 1. The lowest BCUT2D eigenvalue weighted by atomic mass is 10.3. The molecule has 3 heteroatoms. The quantitative estimate of drug-likeness (QED) is 0.797. The summed E-state index contributed by atoms with van der Waals surface area (Å²) < 4.78 is 5.66. The van der Waals surface area contributed by atoms with Crippen LogP contribution in [-0.2, 0) is 0 Å². The lowest BCUT2D eigenvalue weighted by Gasteiger charge is -2.07. The third-order valence-electron chi connectivity index (χ3n) is 2.14. The van der Waals surface area contributed by atoms with Gasteiger partial charge in [-0.15, -0.1) is 0 Å². The largest absolute Gasteiger partial charge is 0.457 e. The van der Waals surface area contributed by atoms with Gasteiger partial charge in [0.25, 0.3) is 0 Å². The van der Waals surface area contributed by atoms with Crippen LogP contribution in [0.3, 0.4) is 0 Å². The first-order valence-electron chi connectivity index (χ1n) is 5.61. The van der Waals surface area contributed by atoms with Crippen LogP contribution < -0.4 is 15.1 Å². The van der Waals surface area contributed by atoms with E-state index in [9.17, 15) is 0 Å². The molecule has 0 heterocycles. The molecule has 0 spiro atoms. The first-order chi connectivity index (χ1) is 8.38. The Bertz CT molecular complexity index is 440. The van der Waals surface area contributed by atoms with Gasteiger partial charge in [0.2, 0.25) is 0 Å². The summed E-state index contributed by atoms with van der Waals surface area (Å²) in [6, 6.07) is 17.2. The molecule has 0 aliphatic carbocycles. The number of ether oxygens (including phenoxy) is 1. The van der Waals surface area contributed by atoms with Crippen molar-refractivity contribution in [1.29, 1.82) is 0 Å². The van der Waals surface area contributed by atoms with Crippen molar-refractivity contribution in [1.82, 2.24) is 5.48 Å². The van der Waals surface area contributed by atoms with Crippen LogP contribution in [-0.4, -0.2) is 6.54 Å². The molecule has 2 aromatic carbocycles. The van der Waals surface area contributed by atoms with Gasteiger partial charge in [0, 0.05) is 6.54 Å². The summed E-state index contributed by atoms with van der Waals surface area (Å²) in [5, 5.41) is 0. The van der Waals surface area contributed by atoms with E-state index in [0.29, 0.717) is 0 Å². The molecule has 3 nitrogen and oxygen atoms in total. The molecule has 0 aliphatic rings. The lowest BCUT2D eigenvalue weighted by Crippen LogP contribution is -2.16. The molecule has 2 aromatic rings. The summed E-state index contributed by atoms with van der Waals surface area (Å²) in [4.78, 5) is 5.25. The second-order valence-corrected chi connectivity index (χ2v) is 3.49. The molecule has 0 amide bonds. The summed E-state index contributed by atoms with van der Waals surface area (Å²) >= 11 is 0. The predicted molar refractivity (Wildman–Crippen MR) is 67.3 cm³/mol. The van der Waals surface area contributed by atoms with E-state index >= 15 is 0 Å². The molecule has 0 aliphatic heterocycles. The molecule has 0 saturated carbocycles. The third kappa shape index (κ3) is 3.50. The molecular weight excluding hydrogens is 214 g/mol. The van der Waals surface area contributed by atoms with E-state index in [0.717, 1.165) is 23.8 Å². The van der Waals surface area contributed by atoms with Crippen molar-refractivity contribution in [2.24, 2.45) is 0 Å². The smallest absolute Gasteiger partial charge is 0.147 e. The minimum absolute atomic E-state index is 0.766. The maximum Gasteiger partial charge on any atom is 0.147 e. The molecule has 1 N–H and O–H groups in total. The number of nitrogens with one attached hydrogen (secondary N) is 1. The van der Waals surface area contributed by atoms with E-state index in [4.69, 9.17) is 9.57 Å². The lowest BCUT2D eigenvalue weighted by molar-refractivity contribution is 0.202. The maximum atomic E-state index is 5.66. The van der Waals surface area contributed by atoms with Crippen LogP contribution in [0.15, 0.2) is 54.6 Å². The van der Waals surface area contributed by atoms with Crippen LogP contribution in [0.5, 0.6) is 17.2 Å². The van der Waals surface area contributed by atoms with Gasteiger partial charge in [-0.3, -0.25) is 0 Å². The van der Waals surface area contributed by atoms with Crippen LogP contribution in [0.1, 0.15) is 6.92 Å². The molecule has 0 radical (unpaired) electrons. The van der Waals surface area contributed by atoms with Crippen molar-refractivity contribution < 1.29 is 9.57 Å². The number of rotatable bonds is 5. The first kappa shape index (κ1) is 11.5. The maximum absolute atomic E-state index is 5.66. The average Bonchev–Trinajstić information content (AvgIpc) is 2.39. The highest BCUT2D eigenvalue weighted by Gasteiger charge is 1.97. The summed E-state index contributed by atoms with van der Waals surface area (Å²) in [7, 11) is 0. The van der Waals surface area contributed by atoms with Crippen molar-refractivity contribution in [2.75, 3.05) is 6.54 Å². The van der Waals surface area contributed by atoms with Crippen LogP contribution in [0.2, 0.25) is 0 Å². The van der Waals surface area contributed by atoms with Crippen LogP contribution >= 0.6 is 0 Å². The Labute approximate surface area is 101 Å². The van der Waals surface area contributed by atoms with Gasteiger partial charge in [0.05, 0.1) is 0 Å². The Morgan fingerprint density at radius 2 is 1.41 bits per heavy atom. The number of benzene rings is 2. The van der Waals surface area contributed by atoms with Crippen molar-refractivity contribution in [3.63, 3.8) is 0 Å². The van der Waals surface area contributed by atoms with Crippen molar-refractivity contribution in [2.45, 2.75) is 6.92 Å². The van der Waals surface area contributed by atoms with Gasteiger partial charge in [-0.1, -0.05) is 18.2 Å². The molecule has 88 valence electrons. The van der Waals surface area contributed by atoms with Crippen molar-refractivity contribution in [3.05, 3.63) is 54.6 Å². The predicted octanol–water partition coefficient (Wildman–Crippen LogP) is 3.38. The zero-order valence-corrected chi connectivity index (χ0v) is 9.72. The Morgan fingerprint density at radius 1 is 0.824 bits per heavy atom. The van der Waals surface area contributed by atoms with E-state index in [1.165, 1.54) is 0 Å². The number of hydrogen-bond acceptors (Lipinski definition) is 3. The van der Waals surface area contributed by atoms with Crippen LogP contribution in [0.4, 0.5) is 0 Å². The van der Waals surface area contributed by atoms with Gasteiger partial charge in [0.1, 0.15) is 17.2 Å². The Morgan fingerprint density at radius 3 is 2.06 bits per heavy atom. The molecule has 0 saturated heterocycles. The summed E-state index contributed by atoms with van der Waals surface area (Å²) in [6.07, 6.45) is 0. The van der Waals surface area contributed by atoms with E-state index in [1.54, 1.807) is 0 Å². The van der Waals surface area contributed by atoms with Gasteiger partial charge in [-0.2, -0.15) is 5.48 Å². The van der Waals surface area contributed by atoms with E-state index in [2.05, 4.69) is 5.48 Å². The molecule has 0 fully saturated rings. The van der Waals surface area contributed by atoms with E-state index < -0.39 is 0 Å². The van der Waals surface area contributed by atoms with Crippen molar-refractivity contribution in [3.8, 4) is 17.2 Å². The number of hydroxylamine groups is 1. The summed E-state index contributed by atoms with van der Waals surface area (Å²) in [6.45, 7) is 2.75. The Kier molecular flexibility index (Phi) is 4.00. The minimum Gasteiger partial charge on any atom is -0.457 e. The molecule has 0 atom stereocenters. The van der Waals surface area contributed by atoms with Crippen LogP contribution in [0.25, 0.3) is 0 Å². The van der Waals surface area contributed by atoms with Crippen molar-refractivity contribution >= 4 is 0 Å². The average molecular weight is 229 g/mol. The Hall–Kier alpha value is -2.00. The molecule has 0 bridgehead atoms. The monoisotopic (exact) mass is 229 g/mol. The van der Waals surface area contributed by atoms with Gasteiger partial charge < -0.3 is 9.57 Å². The standard InChI is InChI=1S/C14H15NO2/c1-2-15-17-14-10-8-13(9-11-14)16-12-6-4-3-5-7-12/h3-11,15H,2H2,1H3. The second kappa shape index (κ2) is 5.92. The topological polar surface area (TPSA) is 30.5 Å². The molecule has 17 heavy (non-hydrogen) atoms. The fourth-order valence-electron chi connectivity index (χ4n) is 1.36. The van der Waals surface area contributed by atoms with Gasteiger partial charge in [0.15, 0.2) is 0 Å².